The van der Waals surface area contributed by atoms with E-state index in [1.807, 2.05) is 21.1 Å². The average molecular weight is 786 g/mol. The molecule has 0 rings (SSSR count). The Kier molecular flexibility index (Phi) is 38.1. The normalized spacial score (nSPS) is 14.0. The number of allylic oxidation sites excluding steroid dienone is 4. The standard InChI is InChI=1S/C45H88NO7P/c1-6-8-10-12-14-16-18-20-22-23-25-27-29-31-33-35-37-40-50-42-44(43-52-54(48,49)51-41-39-46(3,4)5)53-45(47)38-36-34-32-30-28-26-24-21-19-17-15-13-11-9-7-2/h16,18,22-23,44H,6-15,17,19-21,24-43H2,1-5H3/b18-16-,23-22-. The van der Waals surface area contributed by atoms with E-state index in [0.717, 1.165) is 44.9 Å². The number of phosphoric acid groups is 1. The molecule has 0 spiro atoms. The molecule has 2 atom stereocenters. The molecule has 0 aliphatic carbocycles. The Bertz CT molecular complexity index is 920. The van der Waals surface area contributed by atoms with Crippen molar-refractivity contribution in [3.63, 3.8) is 0 Å². The van der Waals surface area contributed by atoms with Gasteiger partial charge in [-0.05, 0) is 44.9 Å². The molecule has 0 N–H and O–H groups in total. The van der Waals surface area contributed by atoms with Crippen LogP contribution in [0.1, 0.15) is 200 Å². The molecule has 0 fully saturated rings. The molecule has 0 aliphatic heterocycles. The molecule has 0 amide bonds. The lowest BCUT2D eigenvalue weighted by atomic mass is 10.0. The molecule has 2 unspecified atom stereocenters. The van der Waals surface area contributed by atoms with Gasteiger partial charge in [0.1, 0.15) is 19.3 Å². The minimum Gasteiger partial charge on any atom is -0.756 e. The lowest BCUT2D eigenvalue weighted by Gasteiger charge is -2.28. The van der Waals surface area contributed by atoms with Crippen LogP contribution < -0.4 is 4.89 Å². The predicted molar refractivity (Wildman–Crippen MR) is 227 cm³/mol. The summed E-state index contributed by atoms with van der Waals surface area (Å²) in [5, 5.41) is 0. The van der Waals surface area contributed by atoms with Crippen LogP contribution in [-0.2, 0) is 27.9 Å². The molecule has 8 nitrogen and oxygen atoms in total. The van der Waals surface area contributed by atoms with E-state index in [0.29, 0.717) is 24.1 Å². The Morgan fingerprint density at radius 3 is 1.52 bits per heavy atom. The molecule has 0 aromatic heterocycles. The average Bonchev–Trinajstić information content (AvgIpc) is 3.12. The maximum absolute atomic E-state index is 12.7. The van der Waals surface area contributed by atoms with Crippen LogP contribution in [0.5, 0.6) is 0 Å². The molecule has 0 saturated heterocycles. The third-order valence-electron chi connectivity index (χ3n) is 9.76. The van der Waals surface area contributed by atoms with E-state index in [4.69, 9.17) is 18.5 Å². The van der Waals surface area contributed by atoms with Gasteiger partial charge in [-0.2, -0.15) is 0 Å². The first-order chi connectivity index (χ1) is 26.1. The zero-order valence-electron chi connectivity index (χ0n) is 36.2. The Labute approximate surface area is 334 Å². The fraction of sp³-hybridized carbons (Fsp3) is 0.889. The van der Waals surface area contributed by atoms with Gasteiger partial charge in [-0.15, -0.1) is 0 Å². The molecular weight excluding hydrogens is 697 g/mol. The van der Waals surface area contributed by atoms with Crippen LogP contribution in [-0.4, -0.2) is 70.7 Å². The number of rotatable bonds is 42. The Hall–Kier alpha value is -1.02. The molecule has 0 radical (unpaired) electrons. The summed E-state index contributed by atoms with van der Waals surface area (Å²) in [4.78, 5) is 25.0. The number of likely N-dealkylation sites (N-methyl/N-ethyl adjacent to an activating group) is 1. The molecule has 320 valence electrons. The van der Waals surface area contributed by atoms with Gasteiger partial charge in [0.15, 0.2) is 0 Å². The topological polar surface area (TPSA) is 94.1 Å². The Morgan fingerprint density at radius 2 is 1.02 bits per heavy atom. The summed E-state index contributed by atoms with van der Waals surface area (Å²) in [6, 6.07) is 0. The lowest BCUT2D eigenvalue weighted by molar-refractivity contribution is -0.870. The largest absolute Gasteiger partial charge is 0.756 e. The highest BCUT2D eigenvalue weighted by Crippen LogP contribution is 2.38. The van der Waals surface area contributed by atoms with Gasteiger partial charge >= 0.3 is 5.97 Å². The van der Waals surface area contributed by atoms with Crippen molar-refractivity contribution in [2.24, 2.45) is 0 Å². The van der Waals surface area contributed by atoms with Gasteiger partial charge in [-0.1, -0.05) is 173 Å². The quantitative estimate of drug-likeness (QED) is 0.0200. The van der Waals surface area contributed by atoms with Crippen LogP contribution >= 0.6 is 7.82 Å². The van der Waals surface area contributed by atoms with E-state index in [9.17, 15) is 14.3 Å². The summed E-state index contributed by atoms with van der Waals surface area (Å²) in [7, 11) is 1.36. The summed E-state index contributed by atoms with van der Waals surface area (Å²) in [5.41, 5.74) is 0. The molecule has 0 aromatic rings. The van der Waals surface area contributed by atoms with Crippen molar-refractivity contribution in [3.05, 3.63) is 24.3 Å². The fourth-order valence-electron chi connectivity index (χ4n) is 6.22. The summed E-state index contributed by atoms with van der Waals surface area (Å²) in [5.74, 6) is -0.335. The van der Waals surface area contributed by atoms with Crippen molar-refractivity contribution >= 4 is 13.8 Å². The molecule has 54 heavy (non-hydrogen) atoms. The summed E-state index contributed by atoms with van der Waals surface area (Å²) < 4.78 is 34.6. The zero-order chi connectivity index (χ0) is 39.9. The number of unbranched alkanes of at least 4 members (excludes halogenated alkanes) is 24. The van der Waals surface area contributed by atoms with Gasteiger partial charge in [-0.3, -0.25) is 9.36 Å². The van der Waals surface area contributed by atoms with Crippen LogP contribution in [0.15, 0.2) is 24.3 Å². The van der Waals surface area contributed by atoms with Gasteiger partial charge in [0.2, 0.25) is 0 Å². The second-order valence-corrected chi connectivity index (χ2v) is 17.8. The van der Waals surface area contributed by atoms with E-state index < -0.39 is 13.9 Å². The molecule has 0 heterocycles. The zero-order valence-corrected chi connectivity index (χ0v) is 37.1. The number of quaternary nitrogens is 1. The van der Waals surface area contributed by atoms with Crippen molar-refractivity contribution in [2.45, 2.75) is 206 Å². The molecule has 0 saturated carbocycles. The van der Waals surface area contributed by atoms with Crippen LogP contribution in [0.2, 0.25) is 0 Å². The third-order valence-corrected chi connectivity index (χ3v) is 10.7. The lowest BCUT2D eigenvalue weighted by Crippen LogP contribution is -2.37. The first-order valence-corrected chi connectivity index (χ1v) is 24.0. The molecular formula is C45H88NO7P. The van der Waals surface area contributed by atoms with Crippen molar-refractivity contribution in [1.29, 1.82) is 0 Å². The van der Waals surface area contributed by atoms with E-state index in [2.05, 4.69) is 38.2 Å². The SMILES string of the molecule is CCCCCC/C=C\C/C=C\CCCCCCCCOCC(COP(=O)([O-])OCC[N+](C)(C)C)OC(=O)CCCCCCCCCCCCCCCCC. The molecule has 9 heteroatoms. The highest BCUT2D eigenvalue weighted by Gasteiger charge is 2.20. The van der Waals surface area contributed by atoms with Gasteiger partial charge in [-0.25, -0.2) is 0 Å². The number of hydrogen-bond donors (Lipinski definition) is 0. The van der Waals surface area contributed by atoms with Crippen molar-refractivity contribution in [1.82, 2.24) is 0 Å². The minimum absolute atomic E-state index is 0.0258. The highest BCUT2D eigenvalue weighted by molar-refractivity contribution is 7.45. The smallest absolute Gasteiger partial charge is 0.306 e. The van der Waals surface area contributed by atoms with Crippen molar-refractivity contribution < 1.29 is 37.3 Å². The second-order valence-electron chi connectivity index (χ2n) is 16.4. The predicted octanol–water partition coefficient (Wildman–Crippen LogP) is 12.6. The summed E-state index contributed by atoms with van der Waals surface area (Å²) >= 11 is 0. The van der Waals surface area contributed by atoms with Crippen LogP contribution in [0.25, 0.3) is 0 Å². The van der Waals surface area contributed by atoms with Gasteiger partial charge < -0.3 is 27.9 Å². The van der Waals surface area contributed by atoms with Crippen LogP contribution in [0.3, 0.4) is 0 Å². The first-order valence-electron chi connectivity index (χ1n) is 22.6. The molecule has 0 aliphatic rings. The van der Waals surface area contributed by atoms with Gasteiger partial charge in [0, 0.05) is 13.0 Å². The fourth-order valence-corrected chi connectivity index (χ4v) is 6.95. The number of ether oxygens (including phenoxy) is 2. The van der Waals surface area contributed by atoms with Crippen LogP contribution in [0, 0.1) is 0 Å². The minimum atomic E-state index is -4.52. The van der Waals surface area contributed by atoms with Crippen molar-refractivity contribution in [2.75, 3.05) is 54.1 Å². The Morgan fingerprint density at radius 1 is 0.574 bits per heavy atom. The van der Waals surface area contributed by atoms with E-state index in [1.54, 1.807) is 0 Å². The number of phosphoric ester groups is 1. The van der Waals surface area contributed by atoms with E-state index in [1.165, 1.54) is 135 Å². The number of esters is 1. The maximum atomic E-state index is 12.7. The monoisotopic (exact) mass is 786 g/mol. The highest BCUT2D eigenvalue weighted by atomic mass is 31.2. The van der Waals surface area contributed by atoms with Crippen molar-refractivity contribution in [3.8, 4) is 0 Å². The van der Waals surface area contributed by atoms with Gasteiger partial charge in [0.25, 0.3) is 7.82 Å². The maximum Gasteiger partial charge on any atom is 0.306 e. The third kappa shape index (κ3) is 42.1. The first kappa shape index (κ1) is 53.0. The van der Waals surface area contributed by atoms with Crippen LogP contribution in [0.4, 0.5) is 0 Å². The molecule has 0 bridgehead atoms. The number of nitrogens with zero attached hydrogens (tertiary/aromatic N) is 1. The Balaban J connectivity index is 4.22. The number of carbonyl (C=O) groups is 1. The molecule has 0 aromatic carbocycles. The summed E-state index contributed by atoms with van der Waals surface area (Å²) in [6.07, 6.45) is 43.2. The number of hydrogen-bond acceptors (Lipinski definition) is 7. The van der Waals surface area contributed by atoms with E-state index in [-0.39, 0.29) is 25.8 Å². The van der Waals surface area contributed by atoms with Gasteiger partial charge in [0.05, 0.1) is 34.4 Å². The second kappa shape index (κ2) is 38.8. The van der Waals surface area contributed by atoms with E-state index >= 15 is 0 Å². The number of carbonyl (C=O) groups excluding carboxylic acids is 1. The summed E-state index contributed by atoms with van der Waals surface area (Å²) in [6.45, 7) is 5.40.